The molecule has 0 bridgehead atoms. The zero-order chi connectivity index (χ0) is 14.8. The highest BCUT2D eigenvalue weighted by Crippen LogP contribution is 2.32. The van der Waals surface area contributed by atoms with Gasteiger partial charge >= 0.3 is 0 Å². The Morgan fingerprint density at radius 3 is 2.70 bits per heavy atom. The molecule has 6 heteroatoms. The van der Waals surface area contributed by atoms with E-state index in [0.29, 0.717) is 32.6 Å². The van der Waals surface area contributed by atoms with Gasteiger partial charge in [-0.05, 0) is 36.0 Å². The Morgan fingerprint density at radius 1 is 1.55 bits per heavy atom. The van der Waals surface area contributed by atoms with Gasteiger partial charge in [-0.3, -0.25) is 4.90 Å². The fourth-order valence-corrected chi connectivity index (χ4v) is 4.56. The highest BCUT2D eigenvalue weighted by molar-refractivity contribution is 9.10. The second kappa shape index (κ2) is 6.85. The molecule has 2 heterocycles. The molecule has 1 aliphatic rings. The molecule has 20 heavy (non-hydrogen) atoms. The van der Waals surface area contributed by atoms with Gasteiger partial charge in [0.2, 0.25) is 0 Å². The van der Waals surface area contributed by atoms with Crippen LogP contribution in [0.25, 0.3) is 0 Å². The first-order valence-electron chi connectivity index (χ1n) is 6.91. The number of thiophene rings is 1. The van der Waals surface area contributed by atoms with E-state index in [-0.39, 0.29) is 12.1 Å². The molecular weight excluding hydrogens is 340 g/mol. The van der Waals surface area contributed by atoms with Gasteiger partial charge in [-0.2, -0.15) is 0 Å². The first-order chi connectivity index (χ1) is 9.41. The van der Waals surface area contributed by atoms with Crippen molar-refractivity contribution in [2.24, 2.45) is 5.73 Å². The van der Waals surface area contributed by atoms with Crippen molar-refractivity contribution in [1.82, 2.24) is 4.90 Å². The molecule has 1 saturated heterocycles. The van der Waals surface area contributed by atoms with Crippen LogP contribution >= 0.6 is 27.3 Å². The van der Waals surface area contributed by atoms with Crippen molar-refractivity contribution in [2.45, 2.75) is 37.5 Å². The Balaban J connectivity index is 2.09. The van der Waals surface area contributed by atoms with E-state index in [1.807, 2.05) is 14.0 Å². The van der Waals surface area contributed by atoms with Gasteiger partial charge in [-0.1, -0.05) is 0 Å². The number of aliphatic hydroxyl groups is 1. The molecule has 3 N–H and O–H groups in total. The molecule has 1 aliphatic heterocycles. The number of hydrogen-bond donors (Lipinski definition) is 2. The quantitative estimate of drug-likeness (QED) is 0.843. The van der Waals surface area contributed by atoms with Crippen molar-refractivity contribution < 1.29 is 9.84 Å². The molecule has 0 spiro atoms. The summed E-state index contributed by atoms with van der Waals surface area (Å²) in [6.45, 7) is 3.91. The molecule has 1 fully saturated rings. The van der Waals surface area contributed by atoms with Gasteiger partial charge in [-0.25, -0.2) is 0 Å². The van der Waals surface area contributed by atoms with Crippen molar-refractivity contribution in [3.63, 3.8) is 0 Å². The number of halogens is 1. The van der Waals surface area contributed by atoms with Crippen molar-refractivity contribution in [1.29, 1.82) is 0 Å². The van der Waals surface area contributed by atoms with Crippen LogP contribution in [0.15, 0.2) is 15.9 Å². The highest BCUT2D eigenvalue weighted by atomic mass is 79.9. The van der Waals surface area contributed by atoms with Gasteiger partial charge in [0, 0.05) is 53.4 Å². The normalized spacial score (nSPS) is 21.9. The smallest absolute Gasteiger partial charge is 0.0818 e. The summed E-state index contributed by atoms with van der Waals surface area (Å²) >= 11 is 5.19. The minimum atomic E-state index is -0.658. The number of ether oxygens (including phenoxy) is 1. The minimum absolute atomic E-state index is 0.00832. The van der Waals surface area contributed by atoms with Crippen LogP contribution in [-0.4, -0.2) is 48.5 Å². The van der Waals surface area contributed by atoms with Crippen LogP contribution in [0, 0.1) is 0 Å². The van der Waals surface area contributed by atoms with E-state index in [4.69, 9.17) is 10.5 Å². The molecule has 4 nitrogen and oxygen atoms in total. The number of nitrogens with two attached hydrogens (primary N) is 1. The summed E-state index contributed by atoms with van der Waals surface area (Å²) in [5.74, 6) is 0. The standard InChI is InChI=1S/C14H23BrN2O2S/c1-10(16)13(12-7-11(15)8-20-12)17(2)9-14(18)3-5-19-6-4-14/h7-8,10,13,18H,3-6,9,16H2,1-2H3. The van der Waals surface area contributed by atoms with E-state index >= 15 is 0 Å². The number of rotatable bonds is 5. The van der Waals surface area contributed by atoms with Crippen molar-refractivity contribution in [3.8, 4) is 0 Å². The predicted molar refractivity (Wildman–Crippen MR) is 86.0 cm³/mol. The van der Waals surface area contributed by atoms with Gasteiger partial charge in [0.25, 0.3) is 0 Å². The molecule has 0 aliphatic carbocycles. The molecule has 0 saturated carbocycles. The van der Waals surface area contributed by atoms with E-state index < -0.39 is 5.60 Å². The fraction of sp³-hybridized carbons (Fsp3) is 0.714. The molecule has 114 valence electrons. The monoisotopic (exact) mass is 362 g/mol. The lowest BCUT2D eigenvalue weighted by atomic mass is 9.92. The predicted octanol–water partition coefficient (Wildman–Crippen LogP) is 2.37. The molecule has 2 atom stereocenters. The average molecular weight is 363 g/mol. The van der Waals surface area contributed by atoms with Crippen LogP contribution in [0.4, 0.5) is 0 Å². The Morgan fingerprint density at radius 2 is 2.20 bits per heavy atom. The van der Waals surface area contributed by atoms with E-state index in [0.717, 1.165) is 4.47 Å². The lowest BCUT2D eigenvalue weighted by Gasteiger charge is -2.39. The van der Waals surface area contributed by atoms with Gasteiger partial charge in [0.15, 0.2) is 0 Å². The molecule has 1 aromatic rings. The second-order valence-corrected chi connectivity index (χ2v) is 7.58. The van der Waals surface area contributed by atoms with Crippen LogP contribution in [0.1, 0.15) is 30.7 Å². The largest absolute Gasteiger partial charge is 0.388 e. The Labute approximate surface area is 133 Å². The zero-order valence-electron chi connectivity index (χ0n) is 12.0. The Bertz CT molecular complexity index is 433. The lowest BCUT2D eigenvalue weighted by molar-refractivity contribution is -0.0823. The zero-order valence-corrected chi connectivity index (χ0v) is 14.4. The summed E-state index contributed by atoms with van der Waals surface area (Å²) in [6, 6.07) is 2.25. The van der Waals surface area contributed by atoms with E-state index in [1.165, 1.54) is 4.88 Å². The summed E-state index contributed by atoms with van der Waals surface area (Å²) < 4.78 is 6.42. The summed E-state index contributed by atoms with van der Waals surface area (Å²) in [5, 5.41) is 12.7. The first kappa shape index (κ1) is 16.4. The summed E-state index contributed by atoms with van der Waals surface area (Å²) in [6.07, 6.45) is 1.38. The molecule has 1 aromatic heterocycles. The Kier molecular flexibility index (Phi) is 5.62. The maximum Gasteiger partial charge on any atom is 0.0818 e. The van der Waals surface area contributed by atoms with E-state index in [2.05, 4.69) is 32.3 Å². The van der Waals surface area contributed by atoms with E-state index in [1.54, 1.807) is 11.3 Å². The van der Waals surface area contributed by atoms with E-state index in [9.17, 15) is 5.11 Å². The first-order valence-corrected chi connectivity index (χ1v) is 8.58. The molecule has 0 aromatic carbocycles. The summed E-state index contributed by atoms with van der Waals surface area (Å²) in [4.78, 5) is 3.40. The third-order valence-electron chi connectivity index (χ3n) is 3.82. The third-order valence-corrected chi connectivity index (χ3v) is 5.58. The number of nitrogens with zero attached hydrogens (tertiary/aromatic N) is 1. The Hall–Kier alpha value is 0.0200. The minimum Gasteiger partial charge on any atom is -0.388 e. The van der Waals surface area contributed by atoms with Crippen LogP contribution < -0.4 is 5.73 Å². The van der Waals surface area contributed by atoms with Crippen LogP contribution in [-0.2, 0) is 4.74 Å². The summed E-state index contributed by atoms with van der Waals surface area (Å²) in [7, 11) is 2.04. The lowest BCUT2D eigenvalue weighted by Crippen LogP contribution is -2.49. The number of hydrogen-bond acceptors (Lipinski definition) is 5. The topological polar surface area (TPSA) is 58.7 Å². The van der Waals surface area contributed by atoms with Crippen LogP contribution in [0.3, 0.4) is 0 Å². The molecule has 0 radical (unpaired) electrons. The maximum atomic E-state index is 10.7. The molecule has 0 amide bonds. The fourth-order valence-electron chi connectivity index (χ4n) is 2.83. The van der Waals surface area contributed by atoms with Gasteiger partial charge in [-0.15, -0.1) is 11.3 Å². The highest BCUT2D eigenvalue weighted by Gasteiger charge is 2.34. The average Bonchev–Trinajstić information content (AvgIpc) is 2.75. The van der Waals surface area contributed by atoms with Crippen molar-refractivity contribution in [3.05, 3.63) is 20.8 Å². The van der Waals surface area contributed by atoms with Crippen LogP contribution in [0.2, 0.25) is 0 Å². The third kappa shape index (κ3) is 4.02. The second-order valence-electron chi connectivity index (χ2n) is 5.72. The van der Waals surface area contributed by atoms with Crippen molar-refractivity contribution >= 4 is 27.3 Å². The maximum absolute atomic E-state index is 10.7. The van der Waals surface area contributed by atoms with Gasteiger partial charge in [0.1, 0.15) is 0 Å². The van der Waals surface area contributed by atoms with Crippen LogP contribution in [0.5, 0.6) is 0 Å². The molecular formula is C14H23BrN2O2S. The molecule has 2 unspecified atom stereocenters. The van der Waals surface area contributed by atoms with Gasteiger partial charge in [0.05, 0.1) is 11.6 Å². The number of likely N-dealkylation sites (N-methyl/N-ethyl adjacent to an activating group) is 1. The van der Waals surface area contributed by atoms with Gasteiger partial charge < -0.3 is 15.6 Å². The van der Waals surface area contributed by atoms with Crippen molar-refractivity contribution in [2.75, 3.05) is 26.8 Å². The summed E-state index contributed by atoms with van der Waals surface area (Å²) in [5.41, 5.74) is 5.51. The molecule has 2 rings (SSSR count). The SMILES string of the molecule is CC(N)C(c1cc(Br)cs1)N(C)CC1(O)CCOCC1.